The molecule has 0 saturated carbocycles. The van der Waals surface area contributed by atoms with E-state index in [9.17, 15) is 4.79 Å². The number of amides is 1. The van der Waals surface area contributed by atoms with Crippen molar-refractivity contribution in [2.75, 3.05) is 39.4 Å². The number of halogens is 1. The van der Waals surface area contributed by atoms with Crippen LogP contribution in [0.4, 0.5) is 0 Å². The minimum atomic E-state index is -0.399. The summed E-state index contributed by atoms with van der Waals surface area (Å²) in [4.78, 5) is 21.2. The number of piperazine rings is 1. The molecule has 1 aromatic heterocycles. The van der Waals surface area contributed by atoms with Crippen LogP contribution in [0.2, 0.25) is 0 Å². The lowest BCUT2D eigenvalue weighted by molar-refractivity contribution is -0.146. The zero-order chi connectivity index (χ0) is 17.6. The second-order valence-corrected chi connectivity index (χ2v) is 7.60. The van der Waals surface area contributed by atoms with E-state index < -0.39 is 6.10 Å². The van der Waals surface area contributed by atoms with Gasteiger partial charge in [0.25, 0.3) is 5.91 Å². The smallest absolute Gasteiger partial charge is 0.251 e. The maximum absolute atomic E-state index is 12.5. The van der Waals surface area contributed by atoms with Crippen LogP contribution >= 0.6 is 15.9 Å². The second-order valence-electron chi connectivity index (χ2n) is 6.68. The average molecular weight is 412 g/mol. The first kappa shape index (κ1) is 18.8. The van der Waals surface area contributed by atoms with E-state index in [4.69, 9.17) is 9.47 Å². The Kier molecular flexibility index (Phi) is 6.81. The number of pyridine rings is 1. The van der Waals surface area contributed by atoms with Crippen molar-refractivity contribution >= 4 is 21.8 Å². The van der Waals surface area contributed by atoms with Gasteiger partial charge in [-0.25, -0.2) is 0 Å². The number of hydrogen-bond acceptors (Lipinski definition) is 5. The highest BCUT2D eigenvalue weighted by Gasteiger charge is 2.26. The fourth-order valence-corrected chi connectivity index (χ4v) is 3.45. The number of ether oxygens (including phenoxy) is 2. The highest BCUT2D eigenvalue weighted by atomic mass is 79.9. The number of carbonyl (C=O) groups is 1. The topological polar surface area (TPSA) is 54.9 Å². The minimum Gasteiger partial charge on any atom is -0.376 e. The molecule has 138 valence electrons. The van der Waals surface area contributed by atoms with Crippen molar-refractivity contribution in [1.29, 1.82) is 0 Å². The molecule has 3 heterocycles. The molecule has 2 aliphatic heterocycles. The Morgan fingerprint density at radius 2 is 2.20 bits per heavy atom. The normalized spacial score (nSPS) is 23.0. The number of rotatable bonds is 6. The minimum absolute atomic E-state index is 0.0828. The van der Waals surface area contributed by atoms with Crippen molar-refractivity contribution in [3.63, 3.8) is 0 Å². The van der Waals surface area contributed by atoms with Crippen LogP contribution in [-0.4, -0.2) is 72.3 Å². The van der Waals surface area contributed by atoms with E-state index in [-0.39, 0.29) is 12.0 Å². The second kappa shape index (κ2) is 9.07. The van der Waals surface area contributed by atoms with E-state index in [0.29, 0.717) is 6.61 Å². The maximum atomic E-state index is 12.5. The van der Waals surface area contributed by atoms with Crippen LogP contribution in [0, 0.1) is 0 Å². The number of carbonyl (C=O) groups excluding carboxylic acids is 1. The molecule has 2 saturated heterocycles. The Morgan fingerprint density at radius 3 is 2.84 bits per heavy atom. The number of aromatic nitrogens is 1. The summed E-state index contributed by atoms with van der Waals surface area (Å²) in [6, 6.07) is 4.04. The van der Waals surface area contributed by atoms with Gasteiger partial charge in [-0.3, -0.25) is 14.7 Å². The Hall–Kier alpha value is -1.02. The van der Waals surface area contributed by atoms with Crippen LogP contribution in [0.25, 0.3) is 0 Å². The first-order valence-corrected chi connectivity index (χ1v) is 9.76. The monoisotopic (exact) mass is 411 g/mol. The molecule has 6 nitrogen and oxygen atoms in total. The van der Waals surface area contributed by atoms with E-state index in [0.717, 1.165) is 62.3 Å². The molecule has 0 aromatic carbocycles. The molecule has 2 aliphatic rings. The molecule has 0 aliphatic carbocycles. The molecule has 0 spiro atoms. The van der Waals surface area contributed by atoms with Gasteiger partial charge in [-0.1, -0.05) is 0 Å². The zero-order valence-corrected chi connectivity index (χ0v) is 16.3. The molecule has 2 fully saturated rings. The van der Waals surface area contributed by atoms with Gasteiger partial charge in [0.05, 0.1) is 18.4 Å². The lowest BCUT2D eigenvalue weighted by Crippen LogP contribution is -2.51. The highest BCUT2D eigenvalue weighted by molar-refractivity contribution is 9.10. The molecule has 0 N–H and O–H groups in total. The fraction of sp³-hybridized carbons (Fsp3) is 0.667. The lowest BCUT2D eigenvalue weighted by Gasteiger charge is -2.35. The Balaban J connectivity index is 1.39. The van der Waals surface area contributed by atoms with Gasteiger partial charge in [0, 0.05) is 50.0 Å². The molecular weight excluding hydrogens is 386 g/mol. The van der Waals surface area contributed by atoms with Crippen molar-refractivity contribution in [1.82, 2.24) is 14.8 Å². The number of hydrogen-bond donors (Lipinski definition) is 0. The van der Waals surface area contributed by atoms with Gasteiger partial charge in [0.1, 0.15) is 6.10 Å². The lowest BCUT2D eigenvalue weighted by atomic mass is 10.2. The van der Waals surface area contributed by atoms with Crippen molar-refractivity contribution in [2.24, 2.45) is 0 Å². The largest absolute Gasteiger partial charge is 0.376 e. The van der Waals surface area contributed by atoms with Gasteiger partial charge in [-0.2, -0.15) is 0 Å². The third kappa shape index (κ3) is 5.48. The molecule has 3 rings (SSSR count). The van der Waals surface area contributed by atoms with Crippen LogP contribution in [-0.2, 0) is 20.8 Å². The fourth-order valence-electron chi connectivity index (χ4n) is 3.21. The van der Waals surface area contributed by atoms with E-state index in [1.807, 2.05) is 30.2 Å². The molecule has 1 aromatic rings. The van der Waals surface area contributed by atoms with Crippen LogP contribution in [0.15, 0.2) is 22.8 Å². The first-order chi connectivity index (χ1) is 12.1. The molecule has 2 unspecified atom stereocenters. The van der Waals surface area contributed by atoms with Crippen LogP contribution < -0.4 is 0 Å². The van der Waals surface area contributed by atoms with E-state index >= 15 is 0 Å². The van der Waals surface area contributed by atoms with E-state index in [2.05, 4.69) is 25.8 Å². The summed E-state index contributed by atoms with van der Waals surface area (Å²) in [5.41, 5.74) is 1.05. The van der Waals surface area contributed by atoms with E-state index in [1.165, 1.54) is 0 Å². The van der Waals surface area contributed by atoms with Gasteiger partial charge in [-0.15, -0.1) is 0 Å². The average Bonchev–Trinajstić information content (AvgIpc) is 3.15. The summed E-state index contributed by atoms with van der Waals surface area (Å²) in [6.45, 7) is 7.19. The quantitative estimate of drug-likeness (QED) is 0.716. The first-order valence-electron chi connectivity index (χ1n) is 8.96. The summed E-state index contributed by atoms with van der Waals surface area (Å²) in [6.07, 6.45) is 3.70. The Labute approximate surface area is 157 Å². The van der Waals surface area contributed by atoms with Crippen molar-refractivity contribution in [2.45, 2.75) is 38.5 Å². The van der Waals surface area contributed by atoms with Gasteiger partial charge in [0.2, 0.25) is 0 Å². The van der Waals surface area contributed by atoms with Gasteiger partial charge in [-0.05, 0) is 47.8 Å². The molecule has 1 amide bonds. The van der Waals surface area contributed by atoms with Gasteiger partial charge in [0.15, 0.2) is 0 Å². The summed E-state index contributed by atoms with van der Waals surface area (Å²) < 4.78 is 12.3. The Morgan fingerprint density at radius 1 is 1.40 bits per heavy atom. The molecular formula is C18H26BrN3O3. The zero-order valence-electron chi connectivity index (χ0n) is 14.7. The van der Waals surface area contributed by atoms with E-state index in [1.54, 1.807) is 0 Å². The Bertz CT molecular complexity index is 555. The van der Waals surface area contributed by atoms with Gasteiger partial charge < -0.3 is 14.4 Å². The summed E-state index contributed by atoms with van der Waals surface area (Å²) in [5.74, 6) is 0.0828. The molecule has 25 heavy (non-hydrogen) atoms. The predicted molar refractivity (Wildman–Crippen MR) is 98.2 cm³/mol. The van der Waals surface area contributed by atoms with Crippen LogP contribution in [0.1, 0.15) is 25.5 Å². The van der Waals surface area contributed by atoms with Gasteiger partial charge >= 0.3 is 0 Å². The molecule has 0 bridgehead atoms. The maximum Gasteiger partial charge on any atom is 0.251 e. The predicted octanol–water partition coefficient (Wildman–Crippen LogP) is 2.07. The summed E-state index contributed by atoms with van der Waals surface area (Å²) in [5, 5.41) is 0. The van der Waals surface area contributed by atoms with Crippen molar-refractivity contribution < 1.29 is 14.3 Å². The third-order valence-corrected chi connectivity index (χ3v) is 5.23. The van der Waals surface area contributed by atoms with Crippen LogP contribution in [0.3, 0.4) is 0 Å². The van der Waals surface area contributed by atoms with Crippen LogP contribution in [0.5, 0.6) is 0 Å². The van der Waals surface area contributed by atoms with Crippen molar-refractivity contribution in [3.05, 3.63) is 28.5 Å². The SMILES string of the molecule is CC(OCC1CCCO1)C(=O)N1CCN(Cc2ccc(Br)cn2)CC1. The summed E-state index contributed by atoms with van der Waals surface area (Å²) >= 11 is 3.40. The third-order valence-electron chi connectivity index (χ3n) is 4.76. The van der Waals surface area contributed by atoms with Crippen molar-refractivity contribution in [3.8, 4) is 0 Å². The number of nitrogens with zero attached hydrogens (tertiary/aromatic N) is 3. The molecule has 7 heteroatoms. The molecule has 0 radical (unpaired) electrons. The standard InChI is InChI=1S/C18H26BrN3O3/c1-14(25-13-17-3-2-10-24-17)18(23)22-8-6-21(7-9-22)12-16-5-4-15(19)11-20-16/h4-5,11,14,17H,2-3,6-10,12-13H2,1H3. The molecule has 2 atom stereocenters. The summed E-state index contributed by atoms with van der Waals surface area (Å²) in [7, 11) is 0. The highest BCUT2D eigenvalue weighted by Crippen LogP contribution is 2.14.